The Bertz CT molecular complexity index is 1320. The minimum absolute atomic E-state index is 0.837. The van der Waals surface area contributed by atoms with Gasteiger partial charge >= 0.3 is 0 Å². The van der Waals surface area contributed by atoms with Gasteiger partial charge in [0.1, 0.15) is 0 Å². The maximum atomic E-state index is 5.08. The lowest BCUT2D eigenvalue weighted by Gasteiger charge is -2.31. The number of benzene rings is 4. The average Bonchev–Trinajstić information content (AvgIpc) is 2.77. The van der Waals surface area contributed by atoms with E-state index in [1.165, 1.54) is 15.2 Å². The fourth-order valence-electron chi connectivity index (χ4n) is 3.80. The van der Waals surface area contributed by atoms with Crippen LogP contribution < -0.4 is 4.90 Å². The molecule has 0 bridgehead atoms. The van der Waals surface area contributed by atoms with Crippen molar-refractivity contribution < 1.29 is 0 Å². The summed E-state index contributed by atoms with van der Waals surface area (Å²) in [6.07, 6.45) is 1.88. The van der Waals surface area contributed by atoms with Crippen LogP contribution in [0.5, 0.6) is 0 Å². The first-order chi connectivity index (χ1) is 13.9. The summed E-state index contributed by atoms with van der Waals surface area (Å²) in [5, 5.41) is 2.30. The highest BCUT2D eigenvalue weighted by Crippen LogP contribution is 2.50. The summed E-state index contributed by atoms with van der Waals surface area (Å²) >= 11 is 1.80. The van der Waals surface area contributed by atoms with Crippen LogP contribution in [0.1, 0.15) is 0 Å². The molecule has 0 spiro atoms. The SMILES string of the molecule is c1ccc2c(c1)Sc1ccccc1N2c1cnc2ccc3ccccc3c2n1. The smallest absolute Gasteiger partial charge is 0.156 e. The summed E-state index contributed by atoms with van der Waals surface area (Å²) < 4.78 is 0. The van der Waals surface area contributed by atoms with Crippen LogP contribution in [-0.2, 0) is 0 Å². The molecule has 0 fully saturated rings. The van der Waals surface area contributed by atoms with Crippen LogP contribution in [0.2, 0.25) is 0 Å². The van der Waals surface area contributed by atoms with Gasteiger partial charge in [-0.05, 0) is 35.7 Å². The van der Waals surface area contributed by atoms with Gasteiger partial charge in [0.25, 0.3) is 0 Å². The van der Waals surface area contributed by atoms with E-state index in [1.807, 2.05) is 12.3 Å². The molecule has 6 rings (SSSR count). The molecular formula is C24H15N3S. The molecule has 3 nitrogen and oxygen atoms in total. The molecule has 0 unspecified atom stereocenters. The average molecular weight is 377 g/mol. The molecule has 28 heavy (non-hydrogen) atoms. The quantitative estimate of drug-likeness (QED) is 0.298. The number of nitrogens with zero attached hydrogens (tertiary/aromatic N) is 3. The molecule has 2 heterocycles. The van der Waals surface area contributed by atoms with Gasteiger partial charge in [-0.15, -0.1) is 0 Å². The maximum Gasteiger partial charge on any atom is 0.156 e. The van der Waals surface area contributed by atoms with E-state index in [4.69, 9.17) is 9.97 Å². The van der Waals surface area contributed by atoms with E-state index in [1.54, 1.807) is 11.8 Å². The lowest BCUT2D eigenvalue weighted by atomic mass is 10.1. The first kappa shape index (κ1) is 15.7. The van der Waals surface area contributed by atoms with Crippen molar-refractivity contribution in [2.45, 2.75) is 9.79 Å². The second-order valence-electron chi connectivity index (χ2n) is 6.76. The van der Waals surface area contributed by atoms with Crippen molar-refractivity contribution in [3.05, 3.63) is 91.1 Å². The monoisotopic (exact) mass is 377 g/mol. The second kappa shape index (κ2) is 6.08. The first-order valence-electron chi connectivity index (χ1n) is 9.19. The lowest BCUT2D eigenvalue weighted by molar-refractivity contribution is 1.11. The summed E-state index contributed by atoms with van der Waals surface area (Å²) in [5.74, 6) is 0.837. The van der Waals surface area contributed by atoms with Crippen LogP contribution in [0.25, 0.3) is 21.8 Å². The summed E-state index contributed by atoms with van der Waals surface area (Å²) in [6.45, 7) is 0. The Balaban J connectivity index is 1.64. The Labute approximate surface area is 166 Å². The van der Waals surface area contributed by atoms with E-state index in [0.717, 1.165) is 33.6 Å². The van der Waals surface area contributed by atoms with Gasteiger partial charge in [0, 0.05) is 15.2 Å². The summed E-state index contributed by atoms with van der Waals surface area (Å²) in [5.41, 5.74) is 4.12. The third-order valence-corrected chi connectivity index (χ3v) is 6.22. The van der Waals surface area contributed by atoms with Gasteiger partial charge in [0.15, 0.2) is 5.82 Å². The highest BCUT2D eigenvalue weighted by molar-refractivity contribution is 7.99. The summed E-state index contributed by atoms with van der Waals surface area (Å²) in [4.78, 5) is 14.5. The van der Waals surface area contributed by atoms with Crippen LogP contribution >= 0.6 is 11.8 Å². The zero-order valence-corrected chi connectivity index (χ0v) is 15.7. The van der Waals surface area contributed by atoms with Gasteiger partial charge in [0.2, 0.25) is 0 Å². The molecule has 4 aromatic carbocycles. The predicted octanol–water partition coefficient (Wildman–Crippen LogP) is 6.72. The summed E-state index contributed by atoms with van der Waals surface area (Å²) in [7, 11) is 0. The molecule has 0 saturated heterocycles. The van der Waals surface area contributed by atoms with Gasteiger partial charge in [-0.3, -0.25) is 9.88 Å². The van der Waals surface area contributed by atoms with Crippen molar-refractivity contribution in [2.75, 3.05) is 4.90 Å². The number of rotatable bonds is 1. The Kier molecular flexibility index (Phi) is 3.40. The number of fused-ring (bicyclic) bond motifs is 5. The van der Waals surface area contributed by atoms with E-state index in [9.17, 15) is 0 Å². The number of hydrogen-bond donors (Lipinski definition) is 0. The van der Waals surface area contributed by atoms with Crippen LogP contribution in [0.3, 0.4) is 0 Å². The van der Waals surface area contributed by atoms with E-state index in [0.29, 0.717) is 0 Å². The normalized spacial score (nSPS) is 12.8. The minimum atomic E-state index is 0.837. The largest absolute Gasteiger partial charge is 0.291 e. The molecule has 0 radical (unpaired) electrons. The number of aromatic nitrogens is 2. The number of anilines is 3. The van der Waals surface area contributed by atoms with E-state index < -0.39 is 0 Å². The van der Waals surface area contributed by atoms with Crippen molar-refractivity contribution in [3.8, 4) is 0 Å². The molecule has 1 aliphatic heterocycles. The molecule has 0 amide bonds. The van der Waals surface area contributed by atoms with Crippen molar-refractivity contribution >= 4 is 50.8 Å². The van der Waals surface area contributed by atoms with Gasteiger partial charge in [-0.2, -0.15) is 0 Å². The maximum absolute atomic E-state index is 5.08. The molecule has 1 aromatic heterocycles. The van der Waals surface area contributed by atoms with Gasteiger partial charge in [0.05, 0.1) is 28.6 Å². The number of para-hydroxylation sites is 2. The molecule has 132 valence electrons. The van der Waals surface area contributed by atoms with Crippen LogP contribution in [0.15, 0.2) is 101 Å². The highest BCUT2D eigenvalue weighted by Gasteiger charge is 2.25. The fourth-order valence-corrected chi connectivity index (χ4v) is 4.85. The Morgan fingerprint density at radius 1 is 0.679 bits per heavy atom. The van der Waals surface area contributed by atoms with E-state index >= 15 is 0 Å². The Hall–Kier alpha value is -3.37. The van der Waals surface area contributed by atoms with Crippen LogP contribution in [0.4, 0.5) is 17.2 Å². The third kappa shape index (κ3) is 2.31. The molecule has 0 N–H and O–H groups in total. The molecule has 5 aromatic rings. The molecular weight excluding hydrogens is 362 g/mol. The molecule has 1 aliphatic rings. The van der Waals surface area contributed by atoms with Crippen LogP contribution in [0, 0.1) is 0 Å². The standard InChI is InChI=1S/C24H15N3S/c1-2-8-17-16(7-1)13-14-18-24(17)26-23(15-25-18)27-19-9-3-5-11-21(19)28-22-12-6-4-10-20(22)27/h1-15H. The van der Waals surface area contributed by atoms with Crippen LogP contribution in [-0.4, -0.2) is 9.97 Å². The van der Waals surface area contributed by atoms with Crippen molar-refractivity contribution in [3.63, 3.8) is 0 Å². The highest BCUT2D eigenvalue weighted by atomic mass is 32.2. The third-order valence-electron chi connectivity index (χ3n) is 5.09. The predicted molar refractivity (Wildman–Crippen MR) is 116 cm³/mol. The summed E-state index contributed by atoms with van der Waals surface area (Å²) in [6, 6.07) is 29.4. The number of hydrogen-bond acceptors (Lipinski definition) is 4. The first-order valence-corrected chi connectivity index (χ1v) is 10.0. The Morgan fingerprint density at radius 2 is 1.36 bits per heavy atom. The topological polar surface area (TPSA) is 29.0 Å². The van der Waals surface area contributed by atoms with Crippen molar-refractivity contribution in [2.24, 2.45) is 0 Å². The zero-order valence-electron chi connectivity index (χ0n) is 14.9. The zero-order chi connectivity index (χ0) is 18.5. The lowest BCUT2D eigenvalue weighted by Crippen LogP contribution is -2.16. The minimum Gasteiger partial charge on any atom is -0.291 e. The van der Waals surface area contributed by atoms with E-state index in [2.05, 4.69) is 83.8 Å². The molecule has 0 aliphatic carbocycles. The molecule has 0 saturated carbocycles. The van der Waals surface area contributed by atoms with Crippen molar-refractivity contribution in [1.29, 1.82) is 0 Å². The second-order valence-corrected chi connectivity index (χ2v) is 7.84. The Morgan fingerprint density at radius 3 is 2.14 bits per heavy atom. The van der Waals surface area contributed by atoms with Crippen molar-refractivity contribution in [1.82, 2.24) is 9.97 Å². The molecule has 4 heteroatoms. The van der Waals surface area contributed by atoms with E-state index in [-0.39, 0.29) is 0 Å². The molecule has 0 atom stereocenters. The van der Waals surface area contributed by atoms with Gasteiger partial charge < -0.3 is 0 Å². The van der Waals surface area contributed by atoms with Gasteiger partial charge in [-0.25, -0.2) is 4.98 Å². The van der Waals surface area contributed by atoms with Gasteiger partial charge in [-0.1, -0.05) is 66.4 Å². The fraction of sp³-hybridized carbons (Fsp3) is 0.